The van der Waals surface area contributed by atoms with E-state index in [-0.39, 0.29) is 31.5 Å². The molecule has 2 aromatic carbocycles. The summed E-state index contributed by atoms with van der Waals surface area (Å²) < 4.78 is 43.2. The molecular weight excluding hydrogens is 461 g/mol. The highest BCUT2D eigenvalue weighted by Crippen LogP contribution is 2.34. The number of nitrogens with zero attached hydrogens (tertiary/aromatic N) is 5. The van der Waals surface area contributed by atoms with Gasteiger partial charge >= 0.3 is 6.18 Å². The molecule has 0 fully saturated rings. The minimum absolute atomic E-state index is 0.0282. The molecule has 0 bridgehead atoms. The Labute approximate surface area is 198 Å². The number of fused-ring (bicyclic) bond motifs is 1. The second-order valence-electron chi connectivity index (χ2n) is 8.37. The van der Waals surface area contributed by atoms with Crippen molar-refractivity contribution in [3.63, 3.8) is 0 Å². The predicted octanol–water partition coefficient (Wildman–Crippen LogP) is 2.96. The van der Waals surface area contributed by atoms with Gasteiger partial charge in [-0.15, -0.1) is 0 Å². The number of guanidine groups is 1. The first kappa shape index (κ1) is 22.6. The predicted molar refractivity (Wildman–Crippen MR) is 120 cm³/mol. The molecule has 3 heterocycles. The molecule has 0 saturated heterocycles. The molecule has 0 aliphatic carbocycles. The molecule has 0 radical (unpaired) electrons. The van der Waals surface area contributed by atoms with Crippen molar-refractivity contribution in [1.82, 2.24) is 19.4 Å². The summed E-state index contributed by atoms with van der Waals surface area (Å²) in [6.07, 6.45) is -1.37. The molecule has 1 aromatic heterocycles. The topological polar surface area (TPSA) is 96.8 Å². The molecule has 3 aromatic rings. The number of imidazole rings is 1. The fraction of sp³-hybridized carbons (Fsp3) is 0.250. The first-order valence-corrected chi connectivity index (χ1v) is 10.9. The maximum absolute atomic E-state index is 13.8. The third-order valence-corrected chi connectivity index (χ3v) is 6.15. The lowest BCUT2D eigenvalue weighted by Crippen LogP contribution is -2.39. The number of hydrogen-bond donors (Lipinski definition) is 1. The highest BCUT2D eigenvalue weighted by atomic mass is 19.4. The maximum atomic E-state index is 13.8. The SMILES string of the molecule is NC1=NC(c2ccccc2)C(=O)N1Cc1ccc(C(F)(F)F)c(C(=O)N2CCn3ccnc3C2)c1. The summed E-state index contributed by atoms with van der Waals surface area (Å²) >= 11 is 0. The van der Waals surface area contributed by atoms with Crippen molar-refractivity contribution >= 4 is 17.8 Å². The van der Waals surface area contributed by atoms with Gasteiger partial charge in [-0.25, -0.2) is 9.98 Å². The van der Waals surface area contributed by atoms with Gasteiger partial charge in [0.05, 0.1) is 24.2 Å². The average molecular weight is 482 g/mol. The molecule has 2 N–H and O–H groups in total. The van der Waals surface area contributed by atoms with E-state index in [1.54, 1.807) is 36.7 Å². The highest BCUT2D eigenvalue weighted by Gasteiger charge is 2.38. The number of benzene rings is 2. The number of alkyl halides is 3. The van der Waals surface area contributed by atoms with Crippen molar-refractivity contribution < 1.29 is 22.8 Å². The van der Waals surface area contributed by atoms with Crippen LogP contribution in [0.1, 0.15) is 38.9 Å². The Balaban J connectivity index is 1.42. The van der Waals surface area contributed by atoms with Gasteiger partial charge in [-0.3, -0.25) is 14.5 Å². The average Bonchev–Trinajstić information content (AvgIpc) is 3.43. The number of carbonyl (C=O) groups excluding carboxylic acids is 2. The van der Waals surface area contributed by atoms with Gasteiger partial charge in [0, 0.05) is 25.5 Å². The van der Waals surface area contributed by atoms with Crippen molar-refractivity contribution in [2.24, 2.45) is 10.7 Å². The smallest absolute Gasteiger partial charge is 0.369 e. The molecule has 8 nitrogen and oxygen atoms in total. The largest absolute Gasteiger partial charge is 0.417 e. The molecule has 1 atom stereocenters. The number of carbonyl (C=O) groups is 2. The summed E-state index contributed by atoms with van der Waals surface area (Å²) in [5, 5.41) is 0. The Hall–Kier alpha value is -4.15. The van der Waals surface area contributed by atoms with E-state index in [4.69, 9.17) is 5.73 Å². The Morgan fingerprint density at radius 3 is 2.63 bits per heavy atom. The molecule has 0 spiro atoms. The molecule has 1 unspecified atom stereocenters. The van der Waals surface area contributed by atoms with Gasteiger partial charge in [-0.05, 0) is 23.3 Å². The Bertz CT molecular complexity index is 1320. The lowest BCUT2D eigenvalue weighted by atomic mass is 10.0. The Morgan fingerprint density at radius 2 is 1.89 bits per heavy atom. The lowest BCUT2D eigenvalue weighted by Gasteiger charge is -2.29. The van der Waals surface area contributed by atoms with Gasteiger partial charge in [0.25, 0.3) is 11.8 Å². The van der Waals surface area contributed by atoms with Gasteiger partial charge in [-0.2, -0.15) is 13.2 Å². The molecule has 5 rings (SSSR count). The van der Waals surface area contributed by atoms with Gasteiger partial charge in [0.2, 0.25) is 0 Å². The molecule has 2 aliphatic rings. The van der Waals surface area contributed by atoms with Crippen molar-refractivity contribution in [2.45, 2.75) is 31.9 Å². The van der Waals surface area contributed by atoms with Crippen LogP contribution in [-0.4, -0.2) is 43.7 Å². The summed E-state index contributed by atoms with van der Waals surface area (Å²) in [7, 11) is 0. The van der Waals surface area contributed by atoms with Crippen LogP contribution < -0.4 is 5.73 Å². The number of nitrogens with two attached hydrogens (primary N) is 1. The van der Waals surface area contributed by atoms with Crippen LogP contribution in [0.15, 0.2) is 65.9 Å². The second-order valence-corrected chi connectivity index (χ2v) is 8.37. The van der Waals surface area contributed by atoms with Crippen LogP contribution in [0, 0.1) is 0 Å². The van der Waals surface area contributed by atoms with Crippen LogP contribution in [0.2, 0.25) is 0 Å². The van der Waals surface area contributed by atoms with Crippen molar-refractivity contribution in [2.75, 3.05) is 6.54 Å². The highest BCUT2D eigenvalue weighted by molar-refractivity contribution is 6.04. The Morgan fingerprint density at radius 1 is 1.11 bits per heavy atom. The third-order valence-electron chi connectivity index (χ3n) is 6.15. The fourth-order valence-corrected chi connectivity index (χ4v) is 4.34. The number of aromatic nitrogens is 2. The van der Waals surface area contributed by atoms with Crippen LogP contribution in [0.3, 0.4) is 0 Å². The number of rotatable bonds is 4. The fourth-order valence-electron chi connectivity index (χ4n) is 4.34. The van der Waals surface area contributed by atoms with Gasteiger partial charge in [-0.1, -0.05) is 36.4 Å². The molecule has 35 heavy (non-hydrogen) atoms. The quantitative estimate of drug-likeness (QED) is 0.619. The van der Waals surface area contributed by atoms with Crippen LogP contribution in [-0.2, 0) is 30.6 Å². The van der Waals surface area contributed by atoms with Crippen LogP contribution in [0.4, 0.5) is 13.2 Å². The number of aliphatic imine (C=N–C) groups is 1. The zero-order valence-electron chi connectivity index (χ0n) is 18.4. The van der Waals surface area contributed by atoms with Crippen molar-refractivity contribution in [1.29, 1.82) is 0 Å². The summed E-state index contributed by atoms with van der Waals surface area (Å²) in [6.45, 7) is 0.696. The summed E-state index contributed by atoms with van der Waals surface area (Å²) in [5.41, 5.74) is 5.47. The van der Waals surface area contributed by atoms with E-state index in [2.05, 4.69) is 9.98 Å². The molecule has 180 valence electrons. The lowest BCUT2D eigenvalue weighted by molar-refractivity contribution is -0.138. The monoisotopic (exact) mass is 482 g/mol. The zero-order valence-corrected chi connectivity index (χ0v) is 18.4. The maximum Gasteiger partial charge on any atom is 0.417 e. The number of amides is 2. The van der Waals surface area contributed by atoms with E-state index in [9.17, 15) is 22.8 Å². The van der Waals surface area contributed by atoms with E-state index >= 15 is 0 Å². The summed E-state index contributed by atoms with van der Waals surface area (Å²) in [6, 6.07) is 11.4. The standard InChI is InChI=1S/C24H21F3N6O2/c25-24(26,27)18-7-6-15(12-17(18)21(34)32-11-10-31-9-8-29-19(31)14-32)13-33-22(35)20(30-23(33)28)16-4-2-1-3-5-16/h1-9,12,20H,10-11,13-14H2,(H2,28,30). The van der Waals surface area contributed by atoms with Crippen LogP contribution in [0.25, 0.3) is 0 Å². The zero-order chi connectivity index (χ0) is 24.7. The van der Waals surface area contributed by atoms with Gasteiger partial charge in [0.1, 0.15) is 5.82 Å². The molecular formula is C24H21F3N6O2. The first-order chi connectivity index (χ1) is 16.7. The van der Waals surface area contributed by atoms with Crippen molar-refractivity contribution in [3.8, 4) is 0 Å². The minimum atomic E-state index is -4.72. The van der Waals surface area contributed by atoms with E-state index < -0.39 is 29.3 Å². The molecule has 11 heteroatoms. The minimum Gasteiger partial charge on any atom is -0.369 e. The Kier molecular flexibility index (Phi) is 5.54. The summed E-state index contributed by atoms with van der Waals surface area (Å²) in [4.78, 5) is 37.1. The van der Waals surface area contributed by atoms with E-state index in [0.717, 1.165) is 6.07 Å². The van der Waals surface area contributed by atoms with E-state index in [0.29, 0.717) is 23.5 Å². The van der Waals surface area contributed by atoms with E-state index in [1.165, 1.54) is 21.9 Å². The van der Waals surface area contributed by atoms with Crippen LogP contribution >= 0.6 is 0 Å². The molecule has 2 amide bonds. The molecule has 2 aliphatic heterocycles. The van der Waals surface area contributed by atoms with E-state index in [1.807, 2.05) is 10.6 Å². The van der Waals surface area contributed by atoms with Gasteiger partial charge < -0.3 is 15.2 Å². The second kappa shape index (κ2) is 8.57. The first-order valence-electron chi connectivity index (χ1n) is 10.9. The summed E-state index contributed by atoms with van der Waals surface area (Å²) in [5.74, 6) is -0.554. The number of halogens is 3. The third kappa shape index (κ3) is 4.25. The molecule has 0 saturated carbocycles. The number of hydrogen-bond acceptors (Lipinski definition) is 5. The normalized spacial score (nSPS) is 18.0. The van der Waals surface area contributed by atoms with Gasteiger partial charge in [0.15, 0.2) is 12.0 Å². The van der Waals surface area contributed by atoms with Crippen LogP contribution in [0.5, 0.6) is 0 Å². The van der Waals surface area contributed by atoms with Crippen molar-refractivity contribution in [3.05, 3.63) is 89.0 Å².